The van der Waals surface area contributed by atoms with Gasteiger partial charge in [-0.2, -0.15) is 0 Å². The van der Waals surface area contributed by atoms with Crippen molar-refractivity contribution >= 4 is 10.0 Å². The Balaban J connectivity index is 1.62. The van der Waals surface area contributed by atoms with Gasteiger partial charge in [-0.1, -0.05) is 35.0 Å². The molecule has 25 heavy (non-hydrogen) atoms. The summed E-state index contributed by atoms with van der Waals surface area (Å²) >= 11 is 0. The summed E-state index contributed by atoms with van der Waals surface area (Å²) in [6.45, 7) is 2.56. The number of nitrogens with zero attached hydrogens (tertiary/aromatic N) is 1. The van der Waals surface area contributed by atoms with Crippen LogP contribution in [0.25, 0.3) is 11.3 Å². The Bertz CT molecular complexity index is 1040. The van der Waals surface area contributed by atoms with Crippen molar-refractivity contribution < 1.29 is 17.7 Å². The minimum Gasteiger partial charge on any atom is -0.488 e. The Kier molecular flexibility index (Phi) is 3.82. The molecule has 0 fully saturated rings. The third-order valence-electron chi connectivity index (χ3n) is 4.08. The van der Waals surface area contributed by atoms with E-state index in [9.17, 15) is 8.42 Å². The van der Waals surface area contributed by atoms with Crippen LogP contribution in [-0.4, -0.2) is 13.6 Å². The second-order valence-electron chi connectivity index (χ2n) is 5.94. The van der Waals surface area contributed by atoms with Gasteiger partial charge in [-0.25, -0.2) is 13.1 Å². The molecule has 128 valence electrons. The third kappa shape index (κ3) is 3.04. The first-order chi connectivity index (χ1) is 12.0. The van der Waals surface area contributed by atoms with E-state index in [4.69, 9.17) is 9.26 Å². The maximum atomic E-state index is 12.6. The minimum atomic E-state index is -3.66. The summed E-state index contributed by atoms with van der Waals surface area (Å²) in [5.74, 6) is 1.14. The first-order valence-electron chi connectivity index (χ1n) is 7.79. The standard InChI is InChI=1S/C18H16N2O4S/c1-12-3-2-4-13(7-12)9-20-25(21,22)15-5-6-17-16(8-15)18-14(11-23-17)10-19-24-18/h2-8,10,20H,9,11H2,1H3. The van der Waals surface area contributed by atoms with Gasteiger partial charge >= 0.3 is 0 Å². The molecule has 0 bridgehead atoms. The Morgan fingerprint density at radius 1 is 1.20 bits per heavy atom. The molecular weight excluding hydrogens is 340 g/mol. The molecule has 4 rings (SSSR count). The number of rotatable bonds is 4. The molecule has 7 heteroatoms. The summed E-state index contributed by atoms with van der Waals surface area (Å²) < 4.78 is 38.7. The smallest absolute Gasteiger partial charge is 0.240 e. The van der Waals surface area contributed by atoms with Crippen LogP contribution in [-0.2, 0) is 23.2 Å². The van der Waals surface area contributed by atoms with Crippen LogP contribution in [0.2, 0.25) is 0 Å². The van der Waals surface area contributed by atoms with Gasteiger partial charge in [0, 0.05) is 6.54 Å². The number of aryl methyl sites for hydroxylation is 1. The molecule has 0 unspecified atom stereocenters. The summed E-state index contributed by atoms with van der Waals surface area (Å²) in [6, 6.07) is 12.4. The average Bonchev–Trinajstić information content (AvgIpc) is 3.09. The Morgan fingerprint density at radius 3 is 2.92 bits per heavy atom. The Hall–Kier alpha value is -2.64. The number of ether oxygens (including phenoxy) is 1. The van der Waals surface area contributed by atoms with Gasteiger partial charge < -0.3 is 9.26 Å². The van der Waals surface area contributed by atoms with Crippen LogP contribution in [0.15, 0.2) is 58.1 Å². The first kappa shape index (κ1) is 15.9. The topological polar surface area (TPSA) is 81.4 Å². The lowest BCUT2D eigenvalue weighted by atomic mass is 10.1. The van der Waals surface area contributed by atoms with Crippen molar-refractivity contribution in [2.75, 3.05) is 0 Å². The summed E-state index contributed by atoms with van der Waals surface area (Å²) in [7, 11) is -3.66. The molecule has 0 saturated carbocycles. The maximum absolute atomic E-state index is 12.6. The van der Waals surface area contributed by atoms with E-state index in [1.165, 1.54) is 6.07 Å². The van der Waals surface area contributed by atoms with Crippen LogP contribution >= 0.6 is 0 Å². The fraction of sp³-hybridized carbons (Fsp3) is 0.167. The quantitative estimate of drug-likeness (QED) is 0.777. The van der Waals surface area contributed by atoms with Gasteiger partial charge in [0.25, 0.3) is 0 Å². The predicted molar refractivity (Wildman–Crippen MR) is 91.5 cm³/mol. The highest BCUT2D eigenvalue weighted by molar-refractivity contribution is 7.89. The Morgan fingerprint density at radius 2 is 2.08 bits per heavy atom. The first-order valence-corrected chi connectivity index (χ1v) is 9.27. The van der Waals surface area contributed by atoms with Gasteiger partial charge in [0.2, 0.25) is 10.0 Å². The molecule has 3 aromatic rings. The van der Waals surface area contributed by atoms with Crippen LogP contribution in [0.4, 0.5) is 0 Å². The van der Waals surface area contributed by atoms with E-state index in [0.29, 0.717) is 23.7 Å². The molecule has 0 radical (unpaired) electrons. The number of nitrogens with one attached hydrogen (secondary N) is 1. The van der Waals surface area contributed by atoms with Gasteiger partial charge in [0.1, 0.15) is 12.4 Å². The molecular formula is C18H16N2O4S. The van der Waals surface area contributed by atoms with Crippen molar-refractivity contribution in [2.24, 2.45) is 0 Å². The van der Waals surface area contributed by atoms with E-state index < -0.39 is 10.0 Å². The molecule has 0 aliphatic carbocycles. The van der Waals surface area contributed by atoms with E-state index in [2.05, 4.69) is 9.88 Å². The van der Waals surface area contributed by atoms with Crippen molar-refractivity contribution in [3.8, 4) is 17.1 Å². The molecule has 0 atom stereocenters. The highest BCUT2D eigenvalue weighted by Crippen LogP contribution is 2.38. The van der Waals surface area contributed by atoms with Crippen LogP contribution in [0.5, 0.6) is 5.75 Å². The summed E-state index contributed by atoms with van der Waals surface area (Å²) in [5, 5.41) is 3.76. The molecule has 2 aromatic carbocycles. The van der Waals surface area contributed by atoms with Gasteiger partial charge in [-0.15, -0.1) is 0 Å². The Labute approximate surface area is 145 Å². The normalized spacial score (nSPS) is 13.0. The van der Waals surface area contributed by atoms with E-state index in [-0.39, 0.29) is 11.4 Å². The van der Waals surface area contributed by atoms with Crippen molar-refractivity contribution in [1.29, 1.82) is 0 Å². The van der Waals surface area contributed by atoms with Crippen LogP contribution in [0, 0.1) is 6.92 Å². The van der Waals surface area contributed by atoms with Crippen LogP contribution < -0.4 is 9.46 Å². The molecule has 0 amide bonds. The highest BCUT2D eigenvalue weighted by Gasteiger charge is 2.24. The third-order valence-corrected chi connectivity index (χ3v) is 5.48. The molecule has 1 N–H and O–H groups in total. The van der Waals surface area contributed by atoms with Crippen molar-refractivity contribution in [3.63, 3.8) is 0 Å². The van der Waals surface area contributed by atoms with Crippen molar-refractivity contribution in [2.45, 2.75) is 25.0 Å². The second-order valence-corrected chi connectivity index (χ2v) is 7.71. The highest BCUT2D eigenvalue weighted by atomic mass is 32.2. The van der Waals surface area contributed by atoms with E-state index in [1.807, 2.05) is 31.2 Å². The van der Waals surface area contributed by atoms with E-state index in [1.54, 1.807) is 18.3 Å². The SMILES string of the molecule is Cc1cccc(CNS(=O)(=O)c2ccc3c(c2)-c2oncc2CO3)c1. The summed E-state index contributed by atoms with van der Waals surface area (Å²) in [5.41, 5.74) is 3.38. The zero-order valence-electron chi connectivity index (χ0n) is 13.5. The summed E-state index contributed by atoms with van der Waals surface area (Å²) in [4.78, 5) is 0.159. The largest absolute Gasteiger partial charge is 0.488 e. The van der Waals surface area contributed by atoms with Gasteiger partial charge in [-0.3, -0.25) is 0 Å². The number of benzene rings is 2. The van der Waals surface area contributed by atoms with Crippen molar-refractivity contribution in [1.82, 2.24) is 9.88 Å². The molecule has 1 aliphatic rings. The molecule has 6 nitrogen and oxygen atoms in total. The molecule has 2 heterocycles. The zero-order valence-corrected chi connectivity index (χ0v) is 14.3. The number of hydrogen-bond acceptors (Lipinski definition) is 5. The van der Waals surface area contributed by atoms with Gasteiger partial charge in [0.15, 0.2) is 5.76 Å². The maximum Gasteiger partial charge on any atom is 0.240 e. The number of fused-ring (bicyclic) bond motifs is 3. The second kappa shape index (κ2) is 6.02. The predicted octanol–water partition coefficient (Wildman–Crippen LogP) is 3.02. The van der Waals surface area contributed by atoms with Crippen molar-refractivity contribution in [3.05, 3.63) is 65.4 Å². The molecule has 1 aliphatic heterocycles. The molecule has 0 spiro atoms. The fourth-order valence-electron chi connectivity index (χ4n) is 2.80. The fourth-order valence-corrected chi connectivity index (χ4v) is 3.85. The average molecular weight is 356 g/mol. The lowest BCUT2D eigenvalue weighted by Gasteiger charge is -2.16. The van der Waals surface area contributed by atoms with Crippen LogP contribution in [0.3, 0.4) is 0 Å². The monoisotopic (exact) mass is 356 g/mol. The minimum absolute atomic E-state index is 0.159. The molecule has 0 saturated heterocycles. The number of hydrogen-bond donors (Lipinski definition) is 1. The van der Waals surface area contributed by atoms with Gasteiger partial charge in [-0.05, 0) is 30.7 Å². The number of sulfonamides is 1. The lowest BCUT2D eigenvalue weighted by Crippen LogP contribution is -2.23. The molecule has 1 aromatic heterocycles. The lowest BCUT2D eigenvalue weighted by molar-refractivity contribution is 0.297. The van der Waals surface area contributed by atoms with E-state index >= 15 is 0 Å². The van der Waals surface area contributed by atoms with Crippen LogP contribution in [0.1, 0.15) is 16.7 Å². The van der Waals surface area contributed by atoms with E-state index in [0.717, 1.165) is 16.7 Å². The zero-order chi connectivity index (χ0) is 17.4. The van der Waals surface area contributed by atoms with Gasteiger partial charge in [0.05, 0.1) is 22.2 Å². The summed E-state index contributed by atoms with van der Waals surface area (Å²) in [6.07, 6.45) is 1.58. The number of aromatic nitrogens is 1.